The molecule has 16 heavy (non-hydrogen) atoms. The molecule has 1 aromatic carbocycles. The number of hydrogen-bond donors (Lipinski definition) is 0. The van der Waals surface area contributed by atoms with Gasteiger partial charge in [-0.05, 0) is 47.2 Å². The maximum atomic E-state index is 5.73. The molecule has 1 rings (SSSR count). The van der Waals surface area contributed by atoms with Gasteiger partial charge >= 0.3 is 0 Å². The van der Waals surface area contributed by atoms with Crippen LogP contribution in [-0.4, -0.2) is 13.7 Å². The first-order valence-electron chi connectivity index (χ1n) is 5.74. The molecule has 0 radical (unpaired) electrons. The van der Waals surface area contributed by atoms with Crippen molar-refractivity contribution in [3.05, 3.63) is 21.8 Å². The molecule has 0 spiro atoms. The quantitative estimate of drug-likeness (QED) is 0.548. The largest absolute Gasteiger partial charge is 0.493 e. The fraction of sp³-hybridized carbons (Fsp3) is 0.538. The van der Waals surface area contributed by atoms with Gasteiger partial charge in [0.05, 0.1) is 13.7 Å². The third-order valence-corrected chi connectivity index (χ3v) is 3.05. The average Bonchev–Trinajstić information content (AvgIpc) is 2.29. The number of rotatable bonds is 7. The number of ether oxygens (including phenoxy) is 2. The Morgan fingerprint density at radius 1 is 1.12 bits per heavy atom. The first-order valence-corrected chi connectivity index (χ1v) is 6.82. The van der Waals surface area contributed by atoms with E-state index in [2.05, 4.69) is 29.5 Å². The van der Waals surface area contributed by atoms with Gasteiger partial charge in [-0.3, -0.25) is 0 Å². The summed E-state index contributed by atoms with van der Waals surface area (Å²) in [6.07, 6.45) is 4.89. The summed E-state index contributed by atoms with van der Waals surface area (Å²) in [5.41, 5.74) is 0. The lowest BCUT2D eigenvalue weighted by molar-refractivity contribution is 0.285. The molecule has 0 aromatic heterocycles. The van der Waals surface area contributed by atoms with E-state index in [9.17, 15) is 0 Å². The van der Waals surface area contributed by atoms with Gasteiger partial charge in [-0.2, -0.15) is 0 Å². The van der Waals surface area contributed by atoms with Crippen molar-refractivity contribution in [2.75, 3.05) is 13.7 Å². The van der Waals surface area contributed by atoms with E-state index in [4.69, 9.17) is 9.47 Å². The summed E-state index contributed by atoms with van der Waals surface area (Å²) in [6, 6.07) is 5.98. The van der Waals surface area contributed by atoms with Gasteiger partial charge in [0.1, 0.15) is 0 Å². The van der Waals surface area contributed by atoms with E-state index >= 15 is 0 Å². The first-order chi connectivity index (χ1) is 7.77. The minimum atomic E-state index is 0.774. The SMILES string of the molecule is CCCCCCOc1cc(I)ccc1OC. The van der Waals surface area contributed by atoms with Gasteiger partial charge in [0.2, 0.25) is 0 Å². The van der Waals surface area contributed by atoms with Crippen molar-refractivity contribution >= 4 is 22.6 Å². The van der Waals surface area contributed by atoms with Crippen molar-refractivity contribution in [3.8, 4) is 11.5 Å². The van der Waals surface area contributed by atoms with Gasteiger partial charge in [-0.15, -0.1) is 0 Å². The van der Waals surface area contributed by atoms with E-state index < -0.39 is 0 Å². The average molecular weight is 334 g/mol. The summed E-state index contributed by atoms with van der Waals surface area (Å²) >= 11 is 2.28. The number of hydrogen-bond acceptors (Lipinski definition) is 2. The minimum absolute atomic E-state index is 0.774. The zero-order chi connectivity index (χ0) is 11.8. The monoisotopic (exact) mass is 334 g/mol. The van der Waals surface area contributed by atoms with Crippen molar-refractivity contribution in [3.63, 3.8) is 0 Å². The summed E-state index contributed by atoms with van der Waals surface area (Å²) in [4.78, 5) is 0. The van der Waals surface area contributed by atoms with Crippen LogP contribution in [0.25, 0.3) is 0 Å². The van der Waals surface area contributed by atoms with Crippen molar-refractivity contribution in [1.82, 2.24) is 0 Å². The number of unbranched alkanes of at least 4 members (excludes halogenated alkanes) is 3. The van der Waals surface area contributed by atoms with Gasteiger partial charge < -0.3 is 9.47 Å². The second-order valence-electron chi connectivity index (χ2n) is 3.70. The van der Waals surface area contributed by atoms with E-state index in [0.29, 0.717) is 0 Å². The number of benzene rings is 1. The molecule has 1 aromatic rings. The third-order valence-electron chi connectivity index (χ3n) is 2.38. The van der Waals surface area contributed by atoms with Crippen molar-refractivity contribution in [1.29, 1.82) is 0 Å². The molecule has 0 saturated heterocycles. The van der Waals surface area contributed by atoms with Crippen LogP contribution in [-0.2, 0) is 0 Å². The van der Waals surface area contributed by atoms with Crippen LogP contribution in [0.3, 0.4) is 0 Å². The molecular formula is C13H19IO2. The minimum Gasteiger partial charge on any atom is -0.493 e. The zero-order valence-corrected chi connectivity index (χ0v) is 12.1. The fourth-order valence-electron chi connectivity index (χ4n) is 1.47. The number of halogens is 1. The van der Waals surface area contributed by atoms with Crippen LogP contribution < -0.4 is 9.47 Å². The highest BCUT2D eigenvalue weighted by atomic mass is 127. The zero-order valence-electron chi connectivity index (χ0n) is 9.96. The summed E-state index contributed by atoms with van der Waals surface area (Å²) in [5.74, 6) is 1.67. The van der Waals surface area contributed by atoms with Crippen LogP contribution in [0.5, 0.6) is 11.5 Å². The van der Waals surface area contributed by atoms with Crippen LogP contribution in [0.4, 0.5) is 0 Å². The highest BCUT2D eigenvalue weighted by Crippen LogP contribution is 2.28. The Kier molecular flexibility index (Phi) is 6.61. The molecular weight excluding hydrogens is 315 g/mol. The third kappa shape index (κ3) is 4.60. The standard InChI is InChI=1S/C13H19IO2/c1-3-4-5-6-9-16-13-10-11(14)7-8-12(13)15-2/h7-8,10H,3-6,9H2,1-2H3. The Balaban J connectivity index is 2.42. The molecule has 0 N–H and O–H groups in total. The lowest BCUT2D eigenvalue weighted by Gasteiger charge is -2.10. The molecule has 0 fully saturated rings. The highest BCUT2D eigenvalue weighted by molar-refractivity contribution is 14.1. The van der Waals surface area contributed by atoms with Gasteiger partial charge in [-0.1, -0.05) is 26.2 Å². The Bertz CT molecular complexity index is 313. The predicted octanol–water partition coefficient (Wildman–Crippen LogP) is 4.26. The predicted molar refractivity (Wildman–Crippen MR) is 75.3 cm³/mol. The maximum absolute atomic E-state index is 5.73. The first kappa shape index (κ1) is 13.6. The summed E-state index contributed by atoms with van der Waals surface area (Å²) in [5, 5.41) is 0. The van der Waals surface area contributed by atoms with Crippen molar-refractivity contribution in [2.45, 2.75) is 32.6 Å². The lowest BCUT2D eigenvalue weighted by Crippen LogP contribution is -1.99. The van der Waals surface area contributed by atoms with E-state index in [-0.39, 0.29) is 0 Å². The van der Waals surface area contributed by atoms with Gasteiger partial charge in [0, 0.05) is 3.57 Å². The molecule has 0 unspecified atom stereocenters. The van der Waals surface area contributed by atoms with E-state index in [0.717, 1.165) is 24.5 Å². The topological polar surface area (TPSA) is 18.5 Å². The second-order valence-corrected chi connectivity index (χ2v) is 4.95. The van der Waals surface area contributed by atoms with E-state index in [1.54, 1.807) is 7.11 Å². The lowest BCUT2D eigenvalue weighted by atomic mass is 10.2. The van der Waals surface area contributed by atoms with Crippen LogP contribution in [0.1, 0.15) is 32.6 Å². The fourth-order valence-corrected chi connectivity index (χ4v) is 1.94. The second kappa shape index (κ2) is 7.76. The Morgan fingerprint density at radius 3 is 2.62 bits per heavy atom. The molecule has 90 valence electrons. The smallest absolute Gasteiger partial charge is 0.162 e. The summed E-state index contributed by atoms with van der Waals surface area (Å²) < 4.78 is 12.1. The molecule has 0 atom stereocenters. The molecule has 3 heteroatoms. The molecule has 2 nitrogen and oxygen atoms in total. The van der Waals surface area contributed by atoms with Gasteiger partial charge in [0.25, 0.3) is 0 Å². The van der Waals surface area contributed by atoms with Crippen molar-refractivity contribution in [2.24, 2.45) is 0 Å². The Hall–Kier alpha value is -0.450. The van der Waals surface area contributed by atoms with E-state index in [1.165, 1.54) is 22.8 Å². The molecule has 0 bridgehead atoms. The Morgan fingerprint density at radius 2 is 1.94 bits per heavy atom. The molecule has 0 heterocycles. The van der Waals surface area contributed by atoms with Gasteiger partial charge in [0.15, 0.2) is 11.5 Å². The number of methoxy groups -OCH3 is 1. The summed E-state index contributed by atoms with van der Waals surface area (Å²) in [7, 11) is 1.67. The molecule has 0 aliphatic heterocycles. The molecule has 0 amide bonds. The Labute approximate surface area is 111 Å². The highest BCUT2D eigenvalue weighted by Gasteiger charge is 2.04. The normalized spacial score (nSPS) is 10.2. The van der Waals surface area contributed by atoms with Crippen LogP contribution in [0.15, 0.2) is 18.2 Å². The molecule has 0 saturated carbocycles. The van der Waals surface area contributed by atoms with Crippen LogP contribution in [0.2, 0.25) is 0 Å². The van der Waals surface area contributed by atoms with E-state index in [1.807, 2.05) is 18.2 Å². The van der Waals surface area contributed by atoms with Gasteiger partial charge in [-0.25, -0.2) is 0 Å². The summed E-state index contributed by atoms with van der Waals surface area (Å²) in [6.45, 7) is 2.99. The van der Waals surface area contributed by atoms with Crippen molar-refractivity contribution < 1.29 is 9.47 Å². The molecule has 0 aliphatic rings. The maximum Gasteiger partial charge on any atom is 0.162 e. The van der Waals surface area contributed by atoms with Crippen LogP contribution in [0, 0.1) is 3.57 Å². The van der Waals surface area contributed by atoms with Crippen LogP contribution >= 0.6 is 22.6 Å². The molecule has 0 aliphatic carbocycles.